The van der Waals surface area contributed by atoms with E-state index < -0.39 is 0 Å². The highest BCUT2D eigenvalue weighted by Crippen LogP contribution is 2.07. The van der Waals surface area contributed by atoms with Crippen LogP contribution in [0.5, 0.6) is 0 Å². The highest BCUT2D eigenvalue weighted by Gasteiger charge is 1.91. The Morgan fingerprint density at radius 2 is 2.44 bits per heavy atom. The molecule has 0 aromatic rings. The Kier molecular flexibility index (Phi) is 6.01. The van der Waals surface area contributed by atoms with Crippen LogP contribution in [0.2, 0.25) is 0 Å². The van der Waals surface area contributed by atoms with E-state index in [1.54, 1.807) is 11.8 Å². The summed E-state index contributed by atoms with van der Waals surface area (Å²) in [7, 11) is 0. The van der Waals surface area contributed by atoms with Crippen molar-refractivity contribution in [2.24, 2.45) is 0 Å². The fourth-order valence-electron chi connectivity index (χ4n) is 0.313. The summed E-state index contributed by atoms with van der Waals surface area (Å²) in [6, 6.07) is 2.07. The van der Waals surface area contributed by atoms with E-state index >= 15 is 0 Å². The van der Waals surface area contributed by atoms with Crippen LogP contribution in [0.1, 0.15) is 19.8 Å². The first-order valence-corrected chi connectivity index (χ1v) is 4.23. The summed E-state index contributed by atoms with van der Waals surface area (Å²) < 4.78 is 1.00. The summed E-state index contributed by atoms with van der Waals surface area (Å²) in [4.78, 5) is 0. The SMILES string of the molecule is CCC(=S)SCCC#N. The van der Waals surface area contributed by atoms with E-state index in [2.05, 4.69) is 6.07 Å². The highest BCUT2D eigenvalue weighted by molar-refractivity contribution is 8.23. The van der Waals surface area contributed by atoms with Crippen molar-refractivity contribution < 1.29 is 0 Å². The topological polar surface area (TPSA) is 23.8 Å². The van der Waals surface area contributed by atoms with Crippen molar-refractivity contribution in [3.05, 3.63) is 0 Å². The van der Waals surface area contributed by atoms with Gasteiger partial charge in [0.2, 0.25) is 0 Å². The Balaban J connectivity index is 3.09. The lowest BCUT2D eigenvalue weighted by Crippen LogP contribution is -1.85. The lowest BCUT2D eigenvalue weighted by atomic mass is 10.6. The lowest BCUT2D eigenvalue weighted by molar-refractivity contribution is 1.24. The molecule has 0 fully saturated rings. The molecule has 0 saturated carbocycles. The fourth-order valence-corrected chi connectivity index (χ4v) is 1.19. The molecule has 0 aromatic heterocycles. The Bertz CT molecular complexity index is 126. The first kappa shape index (κ1) is 8.93. The summed E-state index contributed by atoms with van der Waals surface area (Å²) in [5.41, 5.74) is 0. The van der Waals surface area contributed by atoms with Gasteiger partial charge in [-0.25, -0.2) is 0 Å². The second-order valence-electron chi connectivity index (χ2n) is 1.48. The third-order valence-electron chi connectivity index (χ3n) is 0.766. The first-order valence-electron chi connectivity index (χ1n) is 2.83. The van der Waals surface area contributed by atoms with E-state index in [-0.39, 0.29) is 0 Å². The van der Waals surface area contributed by atoms with Gasteiger partial charge in [0.25, 0.3) is 0 Å². The maximum absolute atomic E-state index is 8.15. The molecule has 1 nitrogen and oxygen atoms in total. The Hall–Kier alpha value is -0.0700. The van der Waals surface area contributed by atoms with Gasteiger partial charge in [0.1, 0.15) is 0 Å². The molecule has 0 radical (unpaired) electrons. The Morgan fingerprint density at radius 1 is 1.78 bits per heavy atom. The molecule has 0 amide bonds. The molecule has 0 aliphatic rings. The molecule has 0 N–H and O–H groups in total. The monoisotopic (exact) mass is 159 g/mol. The van der Waals surface area contributed by atoms with Crippen LogP contribution in [0.4, 0.5) is 0 Å². The molecule has 0 aliphatic carbocycles. The van der Waals surface area contributed by atoms with Crippen LogP contribution in [-0.2, 0) is 0 Å². The predicted octanol–water partition coefficient (Wildman–Crippen LogP) is 2.37. The molecule has 9 heavy (non-hydrogen) atoms. The molecule has 0 atom stereocenters. The molecule has 0 saturated heterocycles. The molecule has 0 bridgehead atoms. The number of nitriles is 1. The largest absolute Gasteiger partial charge is 0.198 e. The predicted molar refractivity (Wildman–Crippen MR) is 45.6 cm³/mol. The van der Waals surface area contributed by atoms with Gasteiger partial charge in [-0.3, -0.25) is 0 Å². The van der Waals surface area contributed by atoms with Gasteiger partial charge in [-0.1, -0.05) is 19.1 Å². The van der Waals surface area contributed by atoms with Crippen LogP contribution in [0.25, 0.3) is 0 Å². The highest BCUT2D eigenvalue weighted by atomic mass is 32.2. The summed E-state index contributed by atoms with van der Waals surface area (Å²) in [5.74, 6) is 0.850. The van der Waals surface area contributed by atoms with E-state index in [1.165, 1.54) is 0 Å². The minimum Gasteiger partial charge on any atom is -0.198 e. The average Bonchev–Trinajstić information content (AvgIpc) is 1.89. The van der Waals surface area contributed by atoms with Crippen LogP contribution in [-0.4, -0.2) is 9.95 Å². The van der Waals surface area contributed by atoms with Gasteiger partial charge < -0.3 is 0 Å². The van der Waals surface area contributed by atoms with Crippen LogP contribution >= 0.6 is 24.0 Å². The third kappa shape index (κ3) is 5.81. The number of hydrogen-bond acceptors (Lipinski definition) is 3. The molecule has 0 rings (SSSR count). The summed E-state index contributed by atoms with van der Waals surface area (Å²) in [6.07, 6.45) is 1.54. The van der Waals surface area contributed by atoms with E-state index in [9.17, 15) is 0 Å². The molecule has 3 heteroatoms. The Labute approximate surface area is 65.4 Å². The number of thioether (sulfide) groups is 1. The van der Waals surface area contributed by atoms with Crippen molar-refractivity contribution in [3.63, 3.8) is 0 Å². The smallest absolute Gasteiger partial charge is 0.0630 e. The minimum absolute atomic E-state index is 0.602. The summed E-state index contributed by atoms with van der Waals surface area (Å²) in [5, 5.41) is 8.15. The zero-order valence-corrected chi connectivity index (χ0v) is 7.02. The van der Waals surface area contributed by atoms with Crippen molar-refractivity contribution in [3.8, 4) is 6.07 Å². The van der Waals surface area contributed by atoms with E-state index in [4.69, 9.17) is 17.5 Å². The minimum atomic E-state index is 0.602. The van der Waals surface area contributed by atoms with Gasteiger partial charge in [-0.05, 0) is 6.42 Å². The van der Waals surface area contributed by atoms with Crippen LogP contribution in [0.15, 0.2) is 0 Å². The van der Waals surface area contributed by atoms with Gasteiger partial charge >= 0.3 is 0 Å². The zero-order valence-electron chi connectivity index (χ0n) is 5.39. The summed E-state index contributed by atoms with van der Waals surface area (Å²) >= 11 is 6.53. The molecule has 0 aliphatic heterocycles. The van der Waals surface area contributed by atoms with Crippen LogP contribution < -0.4 is 0 Å². The van der Waals surface area contributed by atoms with Crippen molar-refractivity contribution >= 4 is 28.2 Å². The van der Waals surface area contributed by atoms with Gasteiger partial charge in [0.05, 0.1) is 6.07 Å². The Morgan fingerprint density at radius 3 is 2.89 bits per heavy atom. The number of thiocarbonyl (C=S) groups is 1. The number of hydrogen-bond donors (Lipinski definition) is 0. The molecule has 0 heterocycles. The molecule has 50 valence electrons. The third-order valence-corrected chi connectivity index (χ3v) is 2.43. The number of rotatable bonds is 3. The standard InChI is InChI=1S/C6H9NS2/c1-2-6(8)9-5-3-4-7/h2-3,5H2,1H3. The fraction of sp³-hybridized carbons (Fsp3) is 0.667. The van der Waals surface area contributed by atoms with Gasteiger partial charge in [0, 0.05) is 16.4 Å². The molecule has 0 spiro atoms. The molecular weight excluding hydrogens is 150 g/mol. The van der Waals surface area contributed by atoms with Gasteiger partial charge in [-0.15, -0.1) is 11.8 Å². The maximum Gasteiger partial charge on any atom is 0.0630 e. The quantitative estimate of drug-likeness (QED) is 0.466. The van der Waals surface area contributed by atoms with Crippen molar-refractivity contribution in [2.45, 2.75) is 19.8 Å². The first-order chi connectivity index (χ1) is 4.31. The zero-order chi connectivity index (χ0) is 7.11. The summed E-state index contributed by atoms with van der Waals surface area (Å²) in [6.45, 7) is 2.03. The van der Waals surface area contributed by atoms with E-state index in [0.29, 0.717) is 6.42 Å². The lowest BCUT2D eigenvalue weighted by Gasteiger charge is -1.93. The molecular formula is C6H9NS2. The number of nitrogens with zero attached hydrogens (tertiary/aromatic N) is 1. The van der Waals surface area contributed by atoms with Crippen LogP contribution in [0, 0.1) is 11.3 Å². The molecule has 0 aromatic carbocycles. The van der Waals surface area contributed by atoms with Crippen molar-refractivity contribution in [1.29, 1.82) is 5.26 Å². The van der Waals surface area contributed by atoms with Gasteiger partial charge in [-0.2, -0.15) is 5.26 Å². The normalized spacial score (nSPS) is 8.44. The maximum atomic E-state index is 8.15. The van der Waals surface area contributed by atoms with Crippen molar-refractivity contribution in [1.82, 2.24) is 0 Å². The van der Waals surface area contributed by atoms with E-state index in [0.717, 1.165) is 16.4 Å². The second kappa shape index (κ2) is 6.06. The second-order valence-corrected chi connectivity index (χ2v) is 3.42. The van der Waals surface area contributed by atoms with Crippen molar-refractivity contribution in [2.75, 3.05) is 5.75 Å². The van der Waals surface area contributed by atoms with Crippen LogP contribution in [0.3, 0.4) is 0 Å². The average molecular weight is 159 g/mol. The van der Waals surface area contributed by atoms with Gasteiger partial charge in [0.15, 0.2) is 0 Å². The molecule has 0 unspecified atom stereocenters. The van der Waals surface area contributed by atoms with E-state index in [1.807, 2.05) is 6.92 Å².